The average molecular weight is 361 g/mol. The van der Waals surface area contributed by atoms with Crippen LogP contribution in [0.15, 0.2) is 24.3 Å². The molecule has 0 atom stereocenters. The summed E-state index contributed by atoms with van der Waals surface area (Å²) in [6.45, 7) is 3.10. The Balaban J connectivity index is 2.05. The number of urea groups is 1. The number of ether oxygens (including phenoxy) is 1. The van der Waals surface area contributed by atoms with Gasteiger partial charge in [-0.2, -0.15) is 0 Å². The number of halogens is 4. The quantitative estimate of drug-likeness (QED) is 0.801. The van der Waals surface area contributed by atoms with Crippen molar-refractivity contribution in [3.8, 4) is 5.75 Å². The highest BCUT2D eigenvalue weighted by molar-refractivity contribution is 6.29. The number of aromatic nitrogens is 2. The van der Waals surface area contributed by atoms with Crippen molar-refractivity contribution in [2.75, 3.05) is 10.6 Å². The molecule has 0 aliphatic rings. The van der Waals surface area contributed by atoms with Gasteiger partial charge in [0.1, 0.15) is 10.9 Å². The summed E-state index contributed by atoms with van der Waals surface area (Å²) in [7, 11) is 0. The minimum atomic E-state index is -4.78. The van der Waals surface area contributed by atoms with E-state index in [1.807, 2.05) is 0 Å². The zero-order valence-corrected chi connectivity index (χ0v) is 13.3. The summed E-state index contributed by atoms with van der Waals surface area (Å²) in [6, 6.07) is 4.58. The molecule has 1 aromatic heterocycles. The van der Waals surface area contributed by atoms with Crippen molar-refractivity contribution >= 4 is 29.3 Å². The van der Waals surface area contributed by atoms with Crippen molar-refractivity contribution in [2.45, 2.75) is 20.2 Å². The van der Waals surface area contributed by atoms with Gasteiger partial charge in [-0.25, -0.2) is 14.8 Å². The second-order valence-corrected chi connectivity index (χ2v) is 5.15. The summed E-state index contributed by atoms with van der Waals surface area (Å²) in [4.78, 5) is 19.7. The van der Waals surface area contributed by atoms with Crippen molar-refractivity contribution in [2.24, 2.45) is 0 Å². The molecule has 2 N–H and O–H groups in total. The lowest BCUT2D eigenvalue weighted by atomic mass is 10.2. The first-order valence-electron chi connectivity index (χ1n) is 6.58. The molecule has 0 saturated carbocycles. The fraction of sp³-hybridized carbons (Fsp3) is 0.214. The molecule has 0 spiro atoms. The minimum absolute atomic E-state index is 0.00578. The monoisotopic (exact) mass is 360 g/mol. The van der Waals surface area contributed by atoms with E-state index in [1.54, 1.807) is 6.92 Å². The van der Waals surface area contributed by atoms with E-state index in [2.05, 4.69) is 25.3 Å². The average Bonchev–Trinajstić information content (AvgIpc) is 2.39. The summed E-state index contributed by atoms with van der Waals surface area (Å²) < 4.78 is 40.5. The second-order valence-electron chi connectivity index (χ2n) is 4.76. The topological polar surface area (TPSA) is 76.1 Å². The molecule has 24 heavy (non-hydrogen) atoms. The number of anilines is 2. The lowest BCUT2D eigenvalue weighted by Gasteiger charge is -2.13. The Kier molecular flexibility index (Phi) is 5.13. The highest BCUT2D eigenvalue weighted by Crippen LogP contribution is 2.28. The Bertz CT molecular complexity index is 748. The fourth-order valence-electron chi connectivity index (χ4n) is 1.82. The zero-order valence-electron chi connectivity index (χ0n) is 12.5. The largest absolute Gasteiger partial charge is 0.573 e. The maximum atomic E-state index is 12.2. The third-order valence-corrected chi connectivity index (χ3v) is 2.90. The number of alkyl halides is 3. The maximum Gasteiger partial charge on any atom is 0.573 e. The van der Waals surface area contributed by atoms with E-state index in [-0.39, 0.29) is 28.1 Å². The maximum absolute atomic E-state index is 12.2. The molecule has 0 bridgehead atoms. The van der Waals surface area contributed by atoms with Crippen LogP contribution in [-0.4, -0.2) is 22.4 Å². The highest BCUT2D eigenvalue weighted by Gasteiger charge is 2.31. The van der Waals surface area contributed by atoms with Gasteiger partial charge in [-0.05, 0) is 43.7 Å². The van der Waals surface area contributed by atoms with Crippen LogP contribution in [0.1, 0.15) is 11.3 Å². The Morgan fingerprint density at radius 1 is 1.17 bits per heavy atom. The molecule has 0 aliphatic heterocycles. The van der Waals surface area contributed by atoms with E-state index >= 15 is 0 Å². The van der Waals surface area contributed by atoms with Crippen LogP contribution >= 0.6 is 11.6 Å². The van der Waals surface area contributed by atoms with Crippen LogP contribution in [0.25, 0.3) is 0 Å². The van der Waals surface area contributed by atoms with Gasteiger partial charge in [-0.1, -0.05) is 11.6 Å². The normalized spacial score (nSPS) is 11.1. The predicted octanol–water partition coefficient (Wildman–Crippen LogP) is 4.29. The molecule has 2 aromatic rings. The molecular formula is C14H12ClF3N4O2. The number of carbonyl (C=O) groups is 1. The number of benzene rings is 1. The lowest BCUT2D eigenvalue weighted by molar-refractivity contribution is -0.274. The summed E-state index contributed by atoms with van der Waals surface area (Å²) in [6.07, 6.45) is -4.78. The van der Waals surface area contributed by atoms with Crippen molar-refractivity contribution in [3.63, 3.8) is 0 Å². The number of rotatable bonds is 3. The Morgan fingerprint density at radius 3 is 2.46 bits per heavy atom. The number of hydrogen-bond acceptors (Lipinski definition) is 4. The van der Waals surface area contributed by atoms with Crippen LogP contribution in [0.3, 0.4) is 0 Å². The van der Waals surface area contributed by atoms with E-state index in [0.29, 0.717) is 5.69 Å². The molecule has 0 radical (unpaired) electrons. The van der Waals surface area contributed by atoms with Crippen LogP contribution in [0.2, 0.25) is 5.15 Å². The summed E-state index contributed by atoms with van der Waals surface area (Å²) in [5, 5.41) is 5.00. The van der Waals surface area contributed by atoms with Crippen LogP contribution in [-0.2, 0) is 0 Å². The molecule has 0 fully saturated rings. The van der Waals surface area contributed by atoms with Crippen molar-refractivity contribution in [1.82, 2.24) is 9.97 Å². The van der Waals surface area contributed by atoms with Gasteiger partial charge >= 0.3 is 12.4 Å². The van der Waals surface area contributed by atoms with Gasteiger partial charge in [0, 0.05) is 11.4 Å². The van der Waals surface area contributed by atoms with Crippen LogP contribution < -0.4 is 15.4 Å². The summed E-state index contributed by atoms with van der Waals surface area (Å²) in [5.41, 5.74) is 1.05. The SMILES string of the molecule is Cc1cc(Cl)nc(NC(=O)Nc2ccc(OC(F)(F)F)c(C)c2)n1. The Hall–Kier alpha value is -2.55. The van der Waals surface area contributed by atoms with Crippen LogP contribution in [0.5, 0.6) is 5.75 Å². The number of hydrogen-bond donors (Lipinski definition) is 2. The van der Waals surface area contributed by atoms with Crippen molar-refractivity contribution in [3.05, 3.63) is 40.7 Å². The van der Waals surface area contributed by atoms with Crippen LogP contribution in [0.4, 0.5) is 29.6 Å². The smallest absolute Gasteiger partial charge is 0.406 e. The summed E-state index contributed by atoms with van der Waals surface area (Å²) >= 11 is 5.76. The first-order valence-corrected chi connectivity index (χ1v) is 6.96. The van der Waals surface area contributed by atoms with Gasteiger partial charge in [-0.3, -0.25) is 5.32 Å². The minimum Gasteiger partial charge on any atom is -0.406 e. The molecule has 0 saturated heterocycles. The van der Waals surface area contributed by atoms with Gasteiger partial charge in [0.25, 0.3) is 0 Å². The van der Waals surface area contributed by atoms with Crippen molar-refractivity contribution in [1.29, 1.82) is 0 Å². The molecular weight excluding hydrogens is 349 g/mol. The number of nitrogens with one attached hydrogen (secondary N) is 2. The number of nitrogens with zero attached hydrogens (tertiary/aromatic N) is 2. The van der Waals surface area contributed by atoms with E-state index in [0.717, 1.165) is 6.07 Å². The molecule has 2 amide bonds. The zero-order chi connectivity index (χ0) is 17.9. The number of amides is 2. The number of aryl methyl sites for hydroxylation is 2. The Labute approximate surface area is 140 Å². The van der Waals surface area contributed by atoms with Gasteiger partial charge in [0.15, 0.2) is 0 Å². The van der Waals surface area contributed by atoms with E-state index in [4.69, 9.17) is 11.6 Å². The van der Waals surface area contributed by atoms with Crippen molar-refractivity contribution < 1.29 is 22.7 Å². The summed E-state index contributed by atoms with van der Waals surface area (Å²) in [5.74, 6) is -0.339. The third kappa shape index (κ3) is 5.27. The predicted molar refractivity (Wildman–Crippen MR) is 82.3 cm³/mol. The van der Waals surface area contributed by atoms with Gasteiger partial charge in [0.05, 0.1) is 0 Å². The van der Waals surface area contributed by atoms with Crippen LogP contribution in [0, 0.1) is 13.8 Å². The van der Waals surface area contributed by atoms with E-state index in [9.17, 15) is 18.0 Å². The second kappa shape index (κ2) is 6.91. The molecule has 1 heterocycles. The molecule has 1 aromatic carbocycles. The molecule has 6 nitrogen and oxygen atoms in total. The Morgan fingerprint density at radius 2 is 1.88 bits per heavy atom. The van der Waals surface area contributed by atoms with Gasteiger partial charge in [0.2, 0.25) is 5.95 Å². The van der Waals surface area contributed by atoms with E-state index < -0.39 is 12.4 Å². The lowest BCUT2D eigenvalue weighted by Crippen LogP contribution is -2.21. The third-order valence-electron chi connectivity index (χ3n) is 2.71. The first kappa shape index (κ1) is 17.8. The highest BCUT2D eigenvalue weighted by atomic mass is 35.5. The van der Waals surface area contributed by atoms with Gasteiger partial charge < -0.3 is 10.1 Å². The van der Waals surface area contributed by atoms with E-state index in [1.165, 1.54) is 25.1 Å². The molecule has 10 heteroatoms. The van der Waals surface area contributed by atoms with Gasteiger partial charge in [-0.15, -0.1) is 13.2 Å². The fourth-order valence-corrected chi connectivity index (χ4v) is 2.05. The molecule has 0 aliphatic carbocycles. The molecule has 128 valence electrons. The molecule has 2 rings (SSSR count). The standard InChI is InChI=1S/C14H12ClF3N4O2/c1-7-5-9(3-4-10(7)24-14(16,17)18)20-13(23)22-12-19-8(2)6-11(15)21-12/h3-6H,1-2H3,(H2,19,20,21,22,23). The first-order chi connectivity index (χ1) is 11.1. The number of carbonyl (C=O) groups excluding carboxylic acids is 1. The molecule has 0 unspecified atom stereocenters.